The number of anilines is 1. The third-order valence-corrected chi connectivity index (χ3v) is 4.81. The van der Waals surface area contributed by atoms with E-state index < -0.39 is 10.8 Å². The second-order valence-electron chi connectivity index (χ2n) is 6.51. The number of halogens is 2. The minimum absolute atomic E-state index is 0.132. The van der Waals surface area contributed by atoms with E-state index in [1.165, 1.54) is 30.5 Å². The van der Waals surface area contributed by atoms with Gasteiger partial charge in [-0.05, 0) is 36.4 Å². The summed E-state index contributed by atoms with van der Waals surface area (Å²) in [5.41, 5.74) is 1.08. The molecule has 0 radical (unpaired) electrons. The van der Waals surface area contributed by atoms with Crippen molar-refractivity contribution in [3.05, 3.63) is 92.8 Å². The van der Waals surface area contributed by atoms with Gasteiger partial charge in [-0.15, -0.1) is 0 Å². The van der Waals surface area contributed by atoms with Gasteiger partial charge in [0.1, 0.15) is 17.2 Å². The van der Waals surface area contributed by atoms with Crippen LogP contribution in [0, 0.1) is 10.1 Å². The number of pyridine rings is 1. The van der Waals surface area contributed by atoms with Crippen LogP contribution in [0.15, 0.2) is 67.0 Å². The molecule has 0 fully saturated rings. The minimum Gasteiger partial charge on any atom is -0.455 e. The van der Waals surface area contributed by atoms with Crippen molar-refractivity contribution < 1.29 is 14.5 Å². The molecule has 2 heterocycles. The summed E-state index contributed by atoms with van der Waals surface area (Å²) in [4.78, 5) is 27.4. The second-order valence-corrected chi connectivity index (χ2v) is 7.35. The number of aromatic amines is 1. The van der Waals surface area contributed by atoms with Gasteiger partial charge in [-0.3, -0.25) is 25.0 Å². The summed E-state index contributed by atoms with van der Waals surface area (Å²) in [6.07, 6.45) is 3.03. The van der Waals surface area contributed by atoms with Crippen molar-refractivity contribution in [2.75, 3.05) is 5.32 Å². The molecule has 0 aliphatic heterocycles. The van der Waals surface area contributed by atoms with Gasteiger partial charge in [0, 0.05) is 28.9 Å². The van der Waals surface area contributed by atoms with E-state index in [-0.39, 0.29) is 22.8 Å². The van der Waals surface area contributed by atoms with Gasteiger partial charge in [-0.1, -0.05) is 23.2 Å². The number of nitrogens with one attached hydrogen (secondary N) is 2. The molecule has 32 heavy (non-hydrogen) atoms. The standard InChI is InChI=1S/C21H13Cl2N5O4/c22-12-3-4-17(18(23)6-12)19-10-20(27-26-19)21(29)25-13-7-14(28(30)31)9-16(8-13)32-15-2-1-5-24-11-15/h1-11H,(H,25,29)(H,26,27). The highest BCUT2D eigenvalue weighted by molar-refractivity contribution is 6.36. The number of rotatable bonds is 6. The monoisotopic (exact) mass is 469 g/mol. The maximum Gasteiger partial charge on any atom is 0.275 e. The van der Waals surface area contributed by atoms with E-state index in [1.807, 2.05) is 0 Å². The zero-order valence-corrected chi connectivity index (χ0v) is 17.6. The van der Waals surface area contributed by atoms with Gasteiger partial charge in [-0.25, -0.2) is 0 Å². The van der Waals surface area contributed by atoms with Crippen molar-refractivity contribution in [2.24, 2.45) is 0 Å². The van der Waals surface area contributed by atoms with Crippen LogP contribution in [-0.4, -0.2) is 26.0 Å². The van der Waals surface area contributed by atoms with Gasteiger partial charge in [0.2, 0.25) is 0 Å². The van der Waals surface area contributed by atoms with Crippen LogP contribution in [0.3, 0.4) is 0 Å². The first kappa shape index (κ1) is 21.3. The highest BCUT2D eigenvalue weighted by Gasteiger charge is 2.17. The summed E-state index contributed by atoms with van der Waals surface area (Å²) in [5.74, 6) is 0.00531. The SMILES string of the molecule is O=C(Nc1cc(Oc2cccnc2)cc([N+](=O)[O-])c1)c1cc(-c2ccc(Cl)cc2Cl)n[nH]1. The maximum atomic E-state index is 12.7. The summed E-state index contributed by atoms with van der Waals surface area (Å²) in [6, 6.07) is 13.7. The van der Waals surface area contributed by atoms with Gasteiger partial charge < -0.3 is 10.1 Å². The fourth-order valence-electron chi connectivity index (χ4n) is 2.84. The van der Waals surface area contributed by atoms with Gasteiger partial charge in [-0.2, -0.15) is 5.10 Å². The van der Waals surface area contributed by atoms with Crippen LogP contribution < -0.4 is 10.1 Å². The lowest BCUT2D eigenvalue weighted by atomic mass is 10.1. The molecule has 2 aromatic carbocycles. The molecule has 0 bridgehead atoms. The molecule has 2 aromatic heterocycles. The number of nitro benzene ring substituents is 1. The Balaban J connectivity index is 1.57. The lowest BCUT2D eigenvalue weighted by molar-refractivity contribution is -0.384. The molecular weight excluding hydrogens is 457 g/mol. The fraction of sp³-hybridized carbons (Fsp3) is 0. The minimum atomic E-state index is -0.581. The largest absolute Gasteiger partial charge is 0.455 e. The average molecular weight is 470 g/mol. The number of nitrogens with zero attached hydrogens (tertiary/aromatic N) is 3. The van der Waals surface area contributed by atoms with Crippen LogP contribution in [0.2, 0.25) is 10.0 Å². The molecule has 1 amide bonds. The van der Waals surface area contributed by atoms with Crippen molar-refractivity contribution in [2.45, 2.75) is 0 Å². The Bertz CT molecular complexity index is 1310. The van der Waals surface area contributed by atoms with Crippen molar-refractivity contribution in [1.82, 2.24) is 15.2 Å². The van der Waals surface area contributed by atoms with Crippen molar-refractivity contribution in [3.8, 4) is 22.8 Å². The normalized spacial score (nSPS) is 10.6. The third-order valence-electron chi connectivity index (χ3n) is 4.26. The van der Waals surface area contributed by atoms with E-state index in [0.29, 0.717) is 27.1 Å². The number of hydrogen-bond acceptors (Lipinski definition) is 6. The van der Waals surface area contributed by atoms with Gasteiger partial charge in [0.05, 0.1) is 33.6 Å². The van der Waals surface area contributed by atoms with Gasteiger partial charge in [0.15, 0.2) is 0 Å². The van der Waals surface area contributed by atoms with E-state index >= 15 is 0 Å². The molecule has 0 unspecified atom stereocenters. The topological polar surface area (TPSA) is 123 Å². The molecule has 160 valence electrons. The maximum absolute atomic E-state index is 12.7. The number of amides is 1. The van der Waals surface area contributed by atoms with E-state index in [9.17, 15) is 14.9 Å². The van der Waals surface area contributed by atoms with Crippen LogP contribution >= 0.6 is 23.2 Å². The number of aromatic nitrogens is 3. The van der Waals surface area contributed by atoms with E-state index in [1.54, 1.807) is 36.5 Å². The molecule has 0 saturated carbocycles. The second kappa shape index (κ2) is 9.04. The number of carbonyl (C=O) groups is 1. The lowest BCUT2D eigenvalue weighted by Crippen LogP contribution is -2.12. The smallest absolute Gasteiger partial charge is 0.275 e. The Hall–Kier alpha value is -3.95. The molecule has 0 spiro atoms. The first-order chi connectivity index (χ1) is 15.4. The zero-order chi connectivity index (χ0) is 22.7. The van der Waals surface area contributed by atoms with Crippen LogP contribution in [0.25, 0.3) is 11.3 Å². The number of ether oxygens (including phenoxy) is 1. The molecule has 2 N–H and O–H groups in total. The molecule has 0 atom stereocenters. The van der Waals surface area contributed by atoms with Gasteiger partial charge in [0.25, 0.3) is 11.6 Å². The predicted molar refractivity (Wildman–Crippen MR) is 119 cm³/mol. The molecular formula is C21H13Cl2N5O4. The Labute approximate surface area is 191 Å². The fourth-order valence-corrected chi connectivity index (χ4v) is 3.34. The number of benzene rings is 2. The summed E-state index contributed by atoms with van der Waals surface area (Å²) in [6.45, 7) is 0. The van der Waals surface area contributed by atoms with E-state index in [4.69, 9.17) is 27.9 Å². The van der Waals surface area contributed by atoms with Crippen LogP contribution in [0.5, 0.6) is 11.5 Å². The summed E-state index contributed by atoms with van der Waals surface area (Å²) >= 11 is 12.1. The summed E-state index contributed by atoms with van der Waals surface area (Å²) in [7, 11) is 0. The predicted octanol–water partition coefficient (Wildman–Crippen LogP) is 5.73. The zero-order valence-electron chi connectivity index (χ0n) is 16.1. The molecule has 4 rings (SSSR count). The highest BCUT2D eigenvalue weighted by Crippen LogP contribution is 2.31. The molecule has 9 nitrogen and oxygen atoms in total. The number of hydrogen-bond donors (Lipinski definition) is 2. The van der Waals surface area contributed by atoms with Crippen molar-refractivity contribution in [3.63, 3.8) is 0 Å². The quantitative estimate of drug-likeness (QED) is 0.274. The molecule has 0 saturated heterocycles. The third kappa shape index (κ3) is 4.85. The van der Waals surface area contributed by atoms with Crippen LogP contribution in [-0.2, 0) is 0 Å². The summed E-state index contributed by atoms with van der Waals surface area (Å²) < 4.78 is 5.62. The first-order valence-electron chi connectivity index (χ1n) is 9.08. The summed E-state index contributed by atoms with van der Waals surface area (Å²) in [5, 5.41) is 21.5. The Morgan fingerprint density at radius 3 is 2.66 bits per heavy atom. The number of non-ortho nitro benzene ring substituents is 1. The van der Waals surface area contributed by atoms with Crippen molar-refractivity contribution in [1.29, 1.82) is 0 Å². The average Bonchev–Trinajstić information content (AvgIpc) is 3.24. The van der Waals surface area contributed by atoms with E-state index in [0.717, 1.165) is 0 Å². The highest BCUT2D eigenvalue weighted by atomic mass is 35.5. The number of carbonyl (C=O) groups excluding carboxylic acids is 1. The van der Waals surface area contributed by atoms with E-state index in [2.05, 4.69) is 20.5 Å². The Kier molecular flexibility index (Phi) is 6.02. The molecule has 0 aliphatic rings. The molecule has 0 aliphatic carbocycles. The van der Waals surface area contributed by atoms with Crippen molar-refractivity contribution >= 4 is 40.5 Å². The Morgan fingerprint density at radius 1 is 1.09 bits per heavy atom. The van der Waals surface area contributed by atoms with Crippen LogP contribution in [0.4, 0.5) is 11.4 Å². The molecule has 11 heteroatoms. The number of nitro groups is 1. The molecule has 4 aromatic rings. The lowest BCUT2D eigenvalue weighted by Gasteiger charge is -2.08. The first-order valence-corrected chi connectivity index (χ1v) is 9.84. The Morgan fingerprint density at radius 2 is 1.94 bits per heavy atom. The van der Waals surface area contributed by atoms with Gasteiger partial charge >= 0.3 is 0 Å². The van der Waals surface area contributed by atoms with Crippen LogP contribution in [0.1, 0.15) is 10.5 Å². The number of H-pyrrole nitrogens is 1.